The second kappa shape index (κ2) is 6.75. The van der Waals surface area contributed by atoms with E-state index in [1.165, 1.54) is 21.9 Å². The van der Waals surface area contributed by atoms with E-state index in [-0.39, 0.29) is 5.91 Å². The van der Waals surface area contributed by atoms with Crippen molar-refractivity contribution in [3.63, 3.8) is 0 Å². The van der Waals surface area contributed by atoms with E-state index in [0.717, 1.165) is 22.5 Å². The fraction of sp³-hybridized carbons (Fsp3) is 0.167. The lowest BCUT2D eigenvalue weighted by atomic mass is 10.1. The zero-order valence-electron chi connectivity index (χ0n) is 14.4. The number of carbonyl (C=O) groups is 1. The van der Waals surface area contributed by atoms with Crippen LogP contribution in [0.25, 0.3) is 11.3 Å². The third-order valence-corrected chi connectivity index (χ3v) is 6.23. The van der Waals surface area contributed by atoms with Gasteiger partial charge >= 0.3 is 0 Å². The molecule has 3 heterocycles. The summed E-state index contributed by atoms with van der Waals surface area (Å²) in [6, 6.07) is 8.90. The van der Waals surface area contributed by atoms with Crippen LogP contribution in [0.5, 0.6) is 0 Å². The Balaban J connectivity index is 1.55. The van der Waals surface area contributed by atoms with Gasteiger partial charge in [0.2, 0.25) is 10.0 Å². The molecule has 138 valence electrons. The van der Waals surface area contributed by atoms with E-state index < -0.39 is 10.0 Å². The molecular weight excluding hydrogens is 384 g/mol. The number of thiazole rings is 1. The maximum absolute atomic E-state index is 12.2. The Kier molecular flexibility index (Phi) is 4.40. The van der Waals surface area contributed by atoms with E-state index in [9.17, 15) is 13.2 Å². The first-order valence-corrected chi connectivity index (χ1v) is 10.9. The van der Waals surface area contributed by atoms with Crippen molar-refractivity contribution in [2.45, 2.75) is 6.42 Å². The highest BCUT2D eigenvalue weighted by Gasteiger charge is 2.26. The number of nitrogens with one attached hydrogen (secondary N) is 1. The number of aromatic nitrogens is 2. The van der Waals surface area contributed by atoms with Crippen LogP contribution in [0, 0.1) is 0 Å². The van der Waals surface area contributed by atoms with Crippen LogP contribution >= 0.6 is 11.3 Å². The number of amides is 1. The summed E-state index contributed by atoms with van der Waals surface area (Å²) >= 11 is 1.34. The molecule has 7 nitrogen and oxygen atoms in total. The van der Waals surface area contributed by atoms with Crippen LogP contribution in [0.3, 0.4) is 0 Å². The van der Waals surface area contributed by atoms with Crippen LogP contribution < -0.4 is 9.62 Å². The van der Waals surface area contributed by atoms with Crippen LogP contribution in [0.1, 0.15) is 15.9 Å². The smallest absolute Gasteiger partial charge is 0.257 e. The molecule has 27 heavy (non-hydrogen) atoms. The van der Waals surface area contributed by atoms with E-state index in [0.29, 0.717) is 23.7 Å². The van der Waals surface area contributed by atoms with Crippen LogP contribution in [0.2, 0.25) is 0 Å². The topological polar surface area (TPSA) is 92.3 Å². The molecule has 0 fully saturated rings. The number of fused-ring (bicyclic) bond motifs is 1. The number of anilines is 2. The molecular formula is C18H16N4O3S2. The number of rotatable bonds is 4. The molecule has 0 bridgehead atoms. The van der Waals surface area contributed by atoms with Gasteiger partial charge in [-0.15, -0.1) is 11.3 Å². The lowest BCUT2D eigenvalue weighted by Crippen LogP contribution is -2.27. The van der Waals surface area contributed by atoms with Crippen molar-refractivity contribution < 1.29 is 13.2 Å². The number of pyridine rings is 1. The summed E-state index contributed by atoms with van der Waals surface area (Å²) in [6.45, 7) is 0.460. The number of nitrogens with zero attached hydrogens (tertiary/aromatic N) is 3. The summed E-state index contributed by atoms with van der Waals surface area (Å²) in [4.78, 5) is 20.6. The molecule has 0 atom stereocenters. The standard InChI is InChI=1S/C18H16N4O3S2/c1-27(24,25)22-9-6-14-10-13(2-3-16(14)22)15-11-26-18(20-15)21-17(23)12-4-7-19-8-5-12/h2-5,7-8,10-11H,6,9H2,1H3,(H,20,21,23). The van der Waals surface area contributed by atoms with Gasteiger partial charge in [-0.3, -0.25) is 19.4 Å². The van der Waals surface area contributed by atoms with E-state index in [2.05, 4.69) is 15.3 Å². The third kappa shape index (κ3) is 3.56. The molecule has 0 spiro atoms. The molecule has 2 aromatic heterocycles. The number of hydrogen-bond acceptors (Lipinski definition) is 6. The highest BCUT2D eigenvalue weighted by molar-refractivity contribution is 7.92. The Morgan fingerprint density at radius 2 is 2.00 bits per heavy atom. The van der Waals surface area contributed by atoms with Crippen molar-refractivity contribution in [1.29, 1.82) is 0 Å². The number of carbonyl (C=O) groups excluding carboxylic acids is 1. The number of benzene rings is 1. The maximum atomic E-state index is 12.2. The Morgan fingerprint density at radius 3 is 2.74 bits per heavy atom. The lowest BCUT2D eigenvalue weighted by molar-refractivity contribution is 0.102. The van der Waals surface area contributed by atoms with Gasteiger partial charge in [0.15, 0.2) is 5.13 Å². The van der Waals surface area contributed by atoms with Gasteiger partial charge in [0.1, 0.15) is 0 Å². The summed E-state index contributed by atoms with van der Waals surface area (Å²) in [5.74, 6) is -0.240. The zero-order chi connectivity index (χ0) is 19.0. The minimum absolute atomic E-state index is 0.240. The second-order valence-corrected chi connectivity index (χ2v) is 8.92. The van der Waals surface area contributed by atoms with Crippen molar-refractivity contribution in [1.82, 2.24) is 9.97 Å². The molecule has 3 aromatic rings. The summed E-state index contributed by atoms with van der Waals surface area (Å²) in [6.07, 6.45) is 5.01. The molecule has 9 heteroatoms. The third-order valence-electron chi connectivity index (χ3n) is 4.30. The monoisotopic (exact) mass is 400 g/mol. The van der Waals surface area contributed by atoms with E-state index in [1.54, 1.807) is 24.5 Å². The molecule has 1 aliphatic heterocycles. The summed E-state index contributed by atoms with van der Waals surface area (Å²) in [5.41, 5.74) is 3.85. The molecule has 1 aromatic carbocycles. The average Bonchev–Trinajstić information content (AvgIpc) is 3.28. The quantitative estimate of drug-likeness (QED) is 0.727. The van der Waals surface area contributed by atoms with Crippen molar-refractivity contribution in [2.24, 2.45) is 0 Å². The van der Waals surface area contributed by atoms with Gasteiger partial charge in [-0.1, -0.05) is 6.07 Å². The molecule has 4 rings (SSSR count). The SMILES string of the molecule is CS(=O)(=O)N1CCc2cc(-c3csc(NC(=O)c4ccncc4)n3)ccc21. The van der Waals surface area contributed by atoms with Gasteiger partial charge in [-0.05, 0) is 36.2 Å². The van der Waals surface area contributed by atoms with Crippen molar-refractivity contribution in [3.8, 4) is 11.3 Å². The largest absolute Gasteiger partial charge is 0.298 e. The molecule has 1 N–H and O–H groups in total. The van der Waals surface area contributed by atoms with Gasteiger partial charge in [-0.2, -0.15) is 0 Å². The molecule has 1 amide bonds. The minimum Gasteiger partial charge on any atom is -0.298 e. The molecule has 0 aliphatic carbocycles. The first kappa shape index (κ1) is 17.6. The van der Waals surface area contributed by atoms with Crippen LogP contribution in [0.4, 0.5) is 10.8 Å². The first-order chi connectivity index (χ1) is 12.9. The van der Waals surface area contributed by atoms with Gasteiger partial charge < -0.3 is 0 Å². The highest BCUT2D eigenvalue weighted by atomic mass is 32.2. The molecule has 0 saturated heterocycles. The average molecular weight is 400 g/mol. The van der Waals surface area contributed by atoms with Crippen LogP contribution in [0.15, 0.2) is 48.1 Å². The summed E-state index contributed by atoms with van der Waals surface area (Å²) in [5, 5.41) is 5.15. The predicted molar refractivity (Wildman–Crippen MR) is 106 cm³/mol. The highest BCUT2D eigenvalue weighted by Crippen LogP contribution is 2.34. The Morgan fingerprint density at radius 1 is 1.22 bits per heavy atom. The predicted octanol–water partition coefficient (Wildman–Crippen LogP) is 2.78. The maximum Gasteiger partial charge on any atom is 0.257 e. The van der Waals surface area contributed by atoms with Crippen molar-refractivity contribution >= 4 is 38.1 Å². The Labute approximate surface area is 160 Å². The van der Waals surface area contributed by atoms with Crippen LogP contribution in [-0.2, 0) is 16.4 Å². The normalized spacial score (nSPS) is 13.4. The van der Waals surface area contributed by atoms with Crippen molar-refractivity contribution in [2.75, 3.05) is 22.4 Å². The van der Waals surface area contributed by atoms with Gasteiger partial charge in [0.25, 0.3) is 5.91 Å². The van der Waals surface area contributed by atoms with E-state index in [4.69, 9.17) is 0 Å². The molecule has 1 aliphatic rings. The minimum atomic E-state index is -3.26. The summed E-state index contributed by atoms with van der Waals surface area (Å²) < 4.78 is 25.1. The fourth-order valence-electron chi connectivity index (χ4n) is 3.01. The van der Waals surface area contributed by atoms with Crippen molar-refractivity contribution in [3.05, 3.63) is 59.2 Å². The lowest BCUT2D eigenvalue weighted by Gasteiger charge is -2.16. The summed E-state index contributed by atoms with van der Waals surface area (Å²) in [7, 11) is -3.26. The molecule has 0 radical (unpaired) electrons. The van der Waals surface area contributed by atoms with E-state index >= 15 is 0 Å². The number of sulfonamides is 1. The van der Waals surface area contributed by atoms with E-state index in [1.807, 2.05) is 23.6 Å². The first-order valence-electron chi connectivity index (χ1n) is 8.20. The zero-order valence-corrected chi connectivity index (χ0v) is 16.0. The molecule has 0 saturated carbocycles. The van der Waals surface area contributed by atoms with Crippen LogP contribution in [-0.4, -0.2) is 37.1 Å². The fourth-order valence-corrected chi connectivity index (χ4v) is 4.68. The molecule has 0 unspecified atom stereocenters. The van der Waals surface area contributed by atoms with Gasteiger partial charge in [-0.25, -0.2) is 13.4 Å². The Bertz CT molecular complexity index is 1110. The Hall–Kier alpha value is -2.78. The second-order valence-electron chi connectivity index (χ2n) is 6.16. The number of hydrogen-bond donors (Lipinski definition) is 1. The van der Waals surface area contributed by atoms with Gasteiger partial charge in [0.05, 0.1) is 17.6 Å². The van der Waals surface area contributed by atoms with Gasteiger partial charge in [0, 0.05) is 35.4 Å².